The van der Waals surface area contributed by atoms with Crippen LogP contribution in [-0.4, -0.2) is 23.8 Å². The highest BCUT2D eigenvalue weighted by Gasteiger charge is 2.12. The van der Waals surface area contributed by atoms with Crippen LogP contribution >= 0.6 is 0 Å². The zero-order valence-corrected chi connectivity index (χ0v) is 14.1. The van der Waals surface area contributed by atoms with E-state index in [0.29, 0.717) is 0 Å². The van der Waals surface area contributed by atoms with Crippen LogP contribution in [0.15, 0.2) is 42.5 Å². The van der Waals surface area contributed by atoms with E-state index in [1.165, 1.54) is 37.9 Å². The second-order valence-corrected chi connectivity index (χ2v) is 6.74. The van der Waals surface area contributed by atoms with Crippen LogP contribution in [0.5, 0.6) is 0 Å². The summed E-state index contributed by atoms with van der Waals surface area (Å²) in [6.07, 6.45) is 3.98. The van der Waals surface area contributed by atoms with E-state index in [4.69, 9.17) is 0 Å². The Kier molecular flexibility index (Phi) is 4.92. The normalized spacial score (nSPS) is 15.6. The zero-order chi connectivity index (χ0) is 16.2. The van der Waals surface area contributed by atoms with E-state index in [0.717, 1.165) is 28.8 Å². The van der Waals surface area contributed by atoms with Gasteiger partial charge in [0.2, 0.25) is 0 Å². The van der Waals surface area contributed by atoms with Gasteiger partial charge >= 0.3 is 0 Å². The van der Waals surface area contributed by atoms with Crippen molar-refractivity contribution in [3.63, 3.8) is 0 Å². The van der Waals surface area contributed by atoms with Crippen molar-refractivity contribution in [1.82, 2.24) is 4.90 Å². The van der Waals surface area contributed by atoms with E-state index in [-0.39, 0.29) is 5.78 Å². The van der Waals surface area contributed by atoms with Crippen LogP contribution in [0.3, 0.4) is 0 Å². The van der Waals surface area contributed by atoms with Crippen LogP contribution in [0.25, 0.3) is 0 Å². The lowest BCUT2D eigenvalue weighted by Gasteiger charge is -2.26. The predicted octanol–water partition coefficient (Wildman–Crippen LogP) is 4.52. The maximum Gasteiger partial charge on any atom is 0.193 e. The molecule has 1 fully saturated rings. The van der Waals surface area contributed by atoms with Gasteiger partial charge in [-0.2, -0.15) is 0 Å². The number of carbonyl (C=O) groups excluding carboxylic acids is 1. The van der Waals surface area contributed by atoms with Gasteiger partial charge in [-0.3, -0.25) is 9.69 Å². The number of hydrogen-bond donors (Lipinski definition) is 0. The SMILES string of the molecule is Cc1cc(C)cc(C(=O)c2ccc(CN3CCCCC3)cc2)c1. The average molecular weight is 307 g/mol. The minimum Gasteiger partial charge on any atom is -0.299 e. The third-order valence-corrected chi connectivity index (χ3v) is 4.55. The van der Waals surface area contributed by atoms with E-state index in [1.54, 1.807) is 0 Å². The Bertz CT molecular complexity index is 661. The van der Waals surface area contributed by atoms with Crippen LogP contribution in [0.1, 0.15) is 51.9 Å². The summed E-state index contributed by atoms with van der Waals surface area (Å²) in [5.74, 6) is 0.112. The Morgan fingerprint density at radius 2 is 1.48 bits per heavy atom. The maximum atomic E-state index is 12.6. The van der Waals surface area contributed by atoms with Crippen molar-refractivity contribution in [1.29, 1.82) is 0 Å². The second kappa shape index (κ2) is 7.10. The van der Waals surface area contributed by atoms with Crippen molar-refractivity contribution >= 4 is 5.78 Å². The molecule has 0 bridgehead atoms. The highest BCUT2D eigenvalue weighted by Crippen LogP contribution is 2.17. The Hall–Kier alpha value is -1.93. The first-order chi connectivity index (χ1) is 11.1. The highest BCUT2D eigenvalue weighted by molar-refractivity contribution is 6.09. The molecule has 23 heavy (non-hydrogen) atoms. The molecule has 3 rings (SSSR count). The van der Waals surface area contributed by atoms with Gasteiger partial charge in [-0.1, -0.05) is 47.9 Å². The fourth-order valence-electron chi connectivity index (χ4n) is 3.41. The largest absolute Gasteiger partial charge is 0.299 e. The van der Waals surface area contributed by atoms with E-state index in [2.05, 4.69) is 23.1 Å². The lowest BCUT2D eigenvalue weighted by molar-refractivity contribution is 0.103. The first kappa shape index (κ1) is 15.9. The molecule has 0 atom stereocenters. The second-order valence-electron chi connectivity index (χ2n) is 6.74. The van der Waals surface area contributed by atoms with Crippen molar-refractivity contribution in [2.75, 3.05) is 13.1 Å². The third-order valence-electron chi connectivity index (χ3n) is 4.55. The van der Waals surface area contributed by atoms with Gasteiger partial charge in [0.25, 0.3) is 0 Å². The quantitative estimate of drug-likeness (QED) is 0.774. The molecule has 1 saturated heterocycles. The van der Waals surface area contributed by atoms with E-state index in [1.807, 2.05) is 38.1 Å². The molecule has 0 aliphatic carbocycles. The van der Waals surface area contributed by atoms with Gasteiger partial charge in [-0.15, -0.1) is 0 Å². The molecule has 1 aliphatic rings. The Balaban J connectivity index is 1.72. The Morgan fingerprint density at radius 1 is 0.870 bits per heavy atom. The monoisotopic (exact) mass is 307 g/mol. The molecule has 0 aromatic heterocycles. The van der Waals surface area contributed by atoms with Gasteiger partial charge in [0.15, 0.2) is 5.78 Å². The summed E-state index contributed by atoms with van der Waals surface area (Å²) in [5.41, 5.74) is 5.12. The summed E-state index contributed by atoms with van der Waals surface area (Å²) in [5, 5.41) is 0. The number of benzene rings is 2. The highest BCUT2D eigenvalue weighted by atomic mass is 16.1. The van der Waals surface area contributed by atoms with Gasteiger partial charge in [-0.25, -0.2) is 0 Å². The number of piperidine rings is 1. The topological polar surface area (TPSA) is 20.3 Å². The fourth-order valence-corrected chi connectivity index (χ4v) is 3.41. The van der Waals surface area contributed by atoms with Crippen molar-refractivity contribution in [3.05, 3.63) is 70.3 Å². The average Bonchev–Trinajstić information content (AvgIpc) is 2.55. The summed E-state index contributed by atoms with van der Waals surface area (Å²) in [4.78, 5) is 15.1. The maximum absolute atomic E-state index is 12.6. The third kappa shape index (κ3) is 4.08. The number of nitrogens with zero attached hydrogens (tertiary/aromatic N) is 1. The number of likely N-dealkylation sites (tertiary alicyclic amines) is 1. The molecule has 0 saturated carbocycles. The summed E-state index contributed by atoms with van der Waals surface area (Å²) < 4.78 is 0. The first-order valence-corrected chi connectivity index (χ1v) is 8.56. The first-order valence-electron chi connectivity index (χ1n) is 8.56. The molecule has 2 nitrogen and oxygen atoms in total. The molecule has 0 unspecified atom stereocenters. The van der Waals surface area contributed by atoms with Gasteiger partial charge in [-0.05, 0) is 57.5 Å². The molecular weight excluding hydrogens is 282 g/mol. The number of ketones is 1. The van der Waals surface area contributed by atoms with Crippen molar-refractivity contribution in [2.24, 2.45) is 0 Å². The predicted molar refractivity (Wildman–Crippen MR) is 94.9 cm³/mol. The Morgan fingerprint density at radius 3 is 2.09 bits per heavy atom. The van der Waals surface area contributed by atoms with E-state index < -0.39 is 0 Å². The van der Waals surface area contributed by atoms with Gasteiger partial charge < -0.3 is 0 Å². The number of aryl methyl sites for hydroxylation is 2. The molecule has 2 aromatic rings. The van der Waals surface area contributed by atoms with Gasteiger partial charge in [0, 0.05) is 17.7 Å². The van der Waals surface area contributed by atoms with Crippen molar-refractivity contribution < 1.29 is 4.79 Å². The number of carbonyl (C=O) groups is 1. The number of hydrogen-bond acceptors (Lipinski definition) is 2. The zero-order valence-electron chi connectivity index (χ0n) is 14.1. The summed E-state index contributed by atoms with van der Waals surface area (Å²) >= 11 is 0. The minimum atomic E-state index is 0.112. The fraction of sp³-hybridized carbons (Fsp3) is 0.381. The lowest BCUT2D eigenvalue weighted by atomic mass is 9.98. The molecule has 0 spiro atoms. The lowest BCUT2D eigenvalue weighted by Crippen LogP contribution is -2.29. The standard InChI is InChI=1S/C21H25NO/c1-16-12-17(2)14-20(13-16)21(23)19-8-6-18(7-9-19)15-22-10-4-3-5-11-22/h6-9,12-14H,3-5,10-11,15H2,1-2H3. The molecule has 1 aliphatic heterocycles. The van der Waals surface area contributed by atoms with Crippen molar-refractivity contribution in [3.8, 4) is 0 Å². The summed E-state index contributed by atoms with van der Waals surface area (Å²) in [6, 6.07) is 14.2. The van der Waals surface area contributed by atoms with Crippen LogP contribution in [-0.2, 0) is 6.54 Å². The van der Waals surface area contributed by atoms with Crippen LogP contribution in [0.2, 0.25) is 0 Å². The summed E-state index contributed by atoms with van der Waals surface area (Å²) in [6.45, 7) is 7.46. The molecule has 1 heterocycles. The van der Waals surface area contributed by atoms with E-state index >= 15 is 0 Å². The van der Waals surface area contributed by atoms with E-state index in [9.17, 15) is 4.79 Å². The molecule has 120 valence electrons. The van der Waals surface area contributed by atoms with Gasteiger partial charge in [0.1, 0.15) is 0 Å². The molecular formula is C21H25NO. The molecule has 2 heteroatoms. The van der Waals surface area contributed by atoms with Crippen LogP contribution in [0.4, 0.5) is 0 Å². The van der Waals surface area contributed by atoms with Crippen LogP contribution < -0.4 is 0 Å². The molecule has 0 N–H and O–H groups in total. The number of rotatable bonds is 4. The summed E-state index contributed by atoms with van der Waals surface area (Å²) in [7, 11) is 0. The van der Waals surface area contributed by atoms with Gasteiger partial charge in [0.05, 0.1) is 0 Å². The molecule has 2 aromatic carbocycles. The molecule has 0 amide bonds. The smallest absolute Gasteiger partial charge is 0.193 e. The minimum absolute atomic E-state index is 0.112. The van der Waals surface area contributed by atoms with Crippen molar-refractivity contribution in [2.45, 2.75) is 39.7 Å². The van der Waals surface area contributed by atoms with Crippen LogP contribution in [0, 0.1) is 13.8 Å². The Labute approximate surface area is 139 Å². The molecule has 0 radical (unpaired) electrons.